The predicted molar refractivity (Wildman–Crippen MR) is 89.4 cm³/mol. The number of nitrogens with zero attached hydrogens (tertiary/aromatic N) is 1. The smallest absolute Gasteiger partial charge is 0.249 e. The monoisotopic (exact) mass is 322 g/mol. The standard InChI is InChI=1S/C19H18N2O3/c20-11-4-7-17-16(8-9-18(17)22)10-12-21-19(23)14-24-13-15-5-2-1-3-6-15/h1-7,10,12H,8-9,13-14H2,(H,21,23)/b7-4+,12-10+. The van der Waals surface area contributed by atoms with Gasteiger partial charge >= 0.3 is 0 Å². The minimum absolute atomic E-state index is 0.0127. The highest BCUT2D eigenvalue weighted by Crippen LogP contribution is 2.24. The van der Waals surface area contributed by atoms with E-state index in [1.54, 1.807) is 6.08 Å². The van der Waals surface area contributed by atoms with Gasteiger partial charge < -0.3 is 10.1 Å². The highest BCUT2D eigenvalue weighted by molar-refractivity contribution is 6.02. The molecule has 5 heteroatoms. The quantitative estimate of drug-likeness (QED) is 0.783. The minimum Gasteiger partial charge on any atom is -0.367 e. The van der Waals surface area contributed by atoms with Gasteiger partial charge in [-0.25, -0.2) is 0 Å². The van der Waals surface area contributed by atoms with Gasteiger partial charge in [0.1, 0.15) is 6.61 Å². The van der Waals surface area contributed by atoms with E-state index in [9.17, 15) is 9.59 Å². The molecular formula is C19H18N2O3. The molecule has 0 spiro atoms. The molecule has 1 N–H and O–H groups in total. The van der Waals surface area contributed by atoms with Gasteiger partial charge in [0.2, 0.25) is 5.91 Å². The predicted octanol–water partition coefficient (Wildman–Crippen LogP) is 2.57. The van der Waals surface area contributed by atoms with E-state index in [2.05, 4.69) is 5.32 Å². The third-order valence-corrected chi connectivity index (χ3v) is 3.47. The van der Waals surface area contributed by atoms with E-state index < -0.39 is 0 Å². The van der Waals surface area contributed by atoms with Crippen LogP contribution in [0.1, 0.15) is 18.4 Å². The van der Waals surface area contributed by atoms with E-state index in [4.69, 9.17) is 10.00 Å². The summed E-state index contributed by atoms with van der Waals surface area (Å²) in [5.41, 5.74) is 2.35. The Balaban J connectivity index is 1.79. The van der Waals surface area contributed by atoms with Crippen molar-refractivity contribution in [3.63, 3.8) is 0 Å². The van der Waals surface area contributed by atoms with Crippen LogP contribution in [0.3, 0.4) is 0 Å². The van der Waals surface area contributed by atoms with Gasteiger partial charge in [-0.2, -0.15) is 5.26 Å². The summed E-state index contributed by atoms with van der Waals surface area (Å²) in [6.07, 6.45) is 7.03. The molecule has 0 radical (unpaired) electrons. The van der Waals surface area contributed by atoms with Crippen LogP contribution >= 0.6 is 0 Å². The Bertz CT molecular complexity index is 725. The van der Waals surface area contributed by atoms with Crippen LogP contribution < -0.4 is 5.32 Å². The average Bonchev–Trinajstić information content (AvgIpc) is 2.94. The molecule has 2 rings (SSSR count). The van der Waals surface area contributed by atoms with Crippen LogP contribution in [-0.2, 0) is 20.9 Å². The Hall–Kier alpha value is -2.97. The van der Waals surface area contributed by atoms with E-state index in [0.29, 0.717) is 25.0 Å². The van der Waals surface area contributed by atoms with E-state index in [1.165, 1.54) is 18.4 Å². The van der Waals surface area contributed by atoms with Crippen molar-refractivity contribution in [1.29, 1.82) is 5.26 Å². The number of hydrogen-bond donors (Lipinski definition) is 1. The van der Waals surface area contributed by atoms with Crippen molar-refractivity contribution in [2.45, 2.75) is 19.4 Å². The number of benzene rings is 1. The highest BCUT2D eigenvalue weighted by atomic mass is 16.5. The summed E-state index contributed by atoms with van der Waals surface area (Å²) in [5, 5.41) is 11.2. The van der Waals surface area contributed by atoms with Crippen LogP contribution in [0.15, 0.2) is 65.9 Å². The second-order valence-electron chi connectivity index (χ2n) is 5.20. The average molecular weight is 322 g/mol. The Labute approximate surface area is 140 Å². The normalized spacial score (nSPS) is 14.5. The lowest BCUT2D eigenvalue weighted by atomic mass is 10.1. The van der Waals surface area contributed by atoms with Crippen LogP contribution in [0.4, 0.5) is 0 Å². The first-order valence-corrected chi connectivity index (χ1v) is 7.61. The van der Waals surface area contributed by atoms with Gasteiger partial charge in [0.25, 0.3) is 0 Å². The summed E-state index contributed by atoms with van der Waals surface area (Å²) in [4.78, 5) is 23.4. The van der Waals surface area contributed by atoms with Crippen molar-refractivity contribution >= 4 is 11.7 Å². The lowest BCUT2D eigenvalue weighted by Gasteiger charge is -2.03. The molecule has 5 nitrogen and oxygen atoms in total. The van der Waals surface area contributed by atoms with Gasteiger partial charge in [-0.3, -0.25) is 9.59 Å². The third-order valence-electron chi connectivity index (χ3n) is 3.47. The van der Waals surface area contributed by atoms with E-state index in [0.717, 1.165) is 11.1 Å². The number of nitriles is 1. The summed E-state index contributed by atoms with van der Waals surface area (Å²) in [5.74, 6) is -0.250. The van der Waals surface area contributed by atoms with Gasteiger partial charge in [-0.15, -0.1) is 0 Å². The Morgan fingerprint density at radius 3 is 2.79 bits per heavy atom. The van der Waals surface area contributed by atoms with Crippen molar-refractivity contribution in [1.82, 2.24) is 5.32 Å². The number of amides is 1. The molecule has 0 saturated carbocycles. The zero-order valence-electron chi connectivity index (χ0n) is 13.2. The molecule has 0 saturated heterocycles. The maximum Gasteiger partial charge on any atom is 0.249 e. The highest BCUT2D eigenvalue weighted by Gasteiger charge is 2.18. The lowest BCUT2D eigenvalue weighted by Crippen LogP contribution is -2.22. The first kappa shape index (κ1) is 17.4. The van der Waals surface area contributed by atoms with Crippen molar-refractivity contribution in [3.8, 4) is 6.07 Å². The van der Waals surface area contributed by atoms with Gasteiger partial charge in [0.05, 0.1) is 12.7 Å². The number of carbonyl (C=O) groups is 2. The Morgan fingerprint density at radius 2 is 2.04 bits per heavy atom. The largest absolute Gasteiger partial charge is 0.367 e. The van der Waals surface area contributed by atoms with E-state index in [1.807, 2.05) is 36.4 Å². The maximum absolute atomic E-state index is 11.7. The fraction of sp³-hybridized carbons (Fsp3) is 0.211. The van der Waals surface area contributed by atoms with Gasteiger partial charge in [0.15, 0.2) is 5.78 Å². The molecule has 0 aromatic heterocycles. The van der Waals surface area contributed by atoms with Crippen LogP contribution in [0.2, 0.25) is 0 Å². The molecule has 24 heavy (non-hydrogen) atoms. The minimum atomic E-state index is -0.263. The molecule has 1 aromatic carbocycles. The summed E-state index contributed by atoms with van der Waals surface area (Å²) < 4.78 is 5.34. The first-order chi connectivity index (χ1) is 11.7. The molecule has 1 aliphatic carbocycles. The number of nitrogens with one attached hydrogen (secondary N) is 1. The topological polar surface area (TPSA) is 79.2 Å². The first-order valence-electron chi connectivity index (χ1n) is 7.61. The summed E-state index contributed by atoms with van der Waals surface area (Å²) >= 11 is 0. The van der Waals surface area contributed by atoms with Crippen LogP contribution in [0, 0.1) is 11.3 Å². The number of rotatable bonds is 7. The molecule has 0 atom stereocenters. The second-order valence-corrected chi connectivity index (χ2v) is 5.20. The third kappa shape index (κ3) is 5.34. The fourth-order valence-electron chi connectivity index (χ4n) is 2.30. The molecule has 0 aliphatic heterocycles. The molecular weight excluding hydrogens is 304 g/mol. The van der Waals surface area contributed by atoms with Gasteiger partial charge in [-0.1, -0.05) is 30.3 Å². The lowest BCUT2D eigenvalue weighted by molar-refractivity contribution is -0.125. The van der Waals surface area contributed by atoms with Crippen molar-refractivity contribution in [2.75, 3.05) is 6.61 Å². The number of ketones is 1. The maximum atomic E-state index is 11.7. The molecule has 0 bridgehead atoms. The Kier molecular flexibility index (Phi) is 6.69. The van der Waals surface area contributed by atoms with Crippen molar-refractivity contribution in [2.24, 2.45) is 0 Å². The number of hydrogen-bond acceptors (Lipinski definition) is 4. The molecule has 1 aliphatic rings. The van der Waals surface area contributed by atoms with E-state index in [-0.39, 0.29) is 18.3 Å². The zero-order valence-corrected chi connectivity index (χ0v) is 13.2. The number of allylic oxidation sites excluding steroid dienone is 5. The Morgan fingerprint density at radius 1 is 1.25 bits per heavy atom. The van der Waals surface area contributed by atoms with Crippen LogP contribution in [-0.4, -0.2) is 18.3 Å². The molecule has 1 amide bonds. The molecule has 1 aromatic rings. The van der Waals surface area contributed by atoms with Crippen LogP contribution in [0.25, 0.3) is 0 Å². The van der Waals surface area contributed by atoms with E-state index >= 15 is 0 Å². The number of Topliss-reactive ketones (excluding diaryl/α,β-unsaturated/α-hetero) is 1. The SMILES string of the molecule is N#C/C=C/C1=C(/C=C/NC(=O)COCc2ccccc2)CCC1=O. The molecule has 122 valence electrons. The summed E-state index contributed by atoms with van der Waals surface area (Å²) in [6.45, 7) is 0.332. The fourth-order valence-corrected chi connectivity index (χ4v) is 2.30. The zero-order chi connectivity index (χ0) is 17.2. The van der Waals surface area contributed by atoms with Gasteiger partial charge in [0, 0.05) is 24.3 Å². The van der Waals surface area contributed by atoms with Crippen molar-refractivity contribution < 1.29 is 14.3 Å². The van der Waals surface area contributed by atoms with Crippen LogP contribution in [0.5, 0.6) is 0 Å². The van der Waals surface area contributed by atoms with Crippen molar-refractivity contribution in [3.05, 3.63) is 71.5 Å². The van der Waals surface area contributed by atoms with Gasteiger partial charge in [-0.05, 0) is 29.7 Å². The molecule has 0 fully saturated rings. The molecule has 0 heterocycles. The second kappa shape index (κ2) is 9.23. The molecule has 0 unspecified atom stereocenters. The summed E-state index contributed by atoms with van der Waals surface area (Å²) in [6, 6.07) is 11.5. The number of ether oxygens (including phenoxy) is 1. The summed E-state index contributed by atoms with van der Waals surface area (Å²) in [7, 11) is 0. The number of carbonyl (C=O) groups excluding carboxylic acids is 2.